The molecule has 0 N–H and O–H groups in total. The number of hydrogen-bond acceptors (Lipinski definition) is 6. The molecule has 138 valence electrons. The van der Waals surface area contributed by atoms with Crippen LogP contribution in [0.5, 0.6) is 0 Å². The molecule has 0 saturated heterocycles. The van der Waals surface area contributed by atoms with E-state index < -0.39 is 11.8 Å². The highest BCUT2D eigenvalue weighted by molar-refractivity contribution is 6.12. The van der Waals surface area contributed by atoms with Gasteiger partial charge in [0.25, 0.3) is 11.8 Å². The van der Waals surface area contributed by atoms with Gasteiger partial charge >= 0.3 is 6.16 Å². The highest BCUT2D eigenvalue weighted by Crippen LogP contribution is 2.63. The van der Waals surface area contributed by atoms with E-state index in [1.807, 2.05) is 6.92 Å². The summed E-state index contributed by atoms with van der Waals surface area (Å²) in [5.41, 5.74) is -0.263. The van der Waals surface area contributed by atoms with Crippen molar-refractivity contribution >= 4 is 18.0 Å². The number of fused-ring (bicyclic) bond motifs is 2. The maximum absolute atomic E-state index is 11.7. The number of ether oxygens (including phenoxy) is 1. The summed E-state index contributed by atoms with van der Waals surface area (Å²) in [6.45, 7) is 6.71. The fraction of sp³-hybridized carbons (Fsp3) is 0.722. The van der Waals surface area contributed by atoms with Crippen LogP contribution in [0.4, 0.5) is 4.79 Å². The number of carbonyl (C=O) groups is 3. The Morgan fingerprint density at radius 2 is 1.92 bits per heavy atom. The molecule has 1 heterocycles. The van der Waals surface area contributed by atoms with Gasteiger partial charge in [0.2, 0.25) is 0 Å². The molecule has 1 aliphatic heterocycles. The van der Waals surface area contributed by atoms with E-state index in [4.69, 9.17) is 14.5 Å². The van der Waals surface area contributed by atoms with Crippen molar-refractivity contribution < 1.29 is 28.9 Å². The highest BCUT2D eigenvalue weighted by Gasteiger charge is 2.61. The molecule has 25 heavy (non-hydrogen) atoms. The Morgan fingerprint density at radius 3 is 2.52 bits per heavy atom. The van der Waals surface area contributed by atoms with Gasteiger partial charge < -0.3 is 4.74 Å². The highest BCUT2D eigenvalue weighted by atomic mass is 17.2. The molecular weight excluding hydrogens is 326 g/mol. The molecule has 0 aromatic heterocycles. The van der Waals surface area contributed by atoms with Crippen molar-refractivity contribution in [3.05, 3.63) is 12.2 Å². The number of nitrogens with zero attached hydrogens (tertiary/aromatic N) is 1. The first-order valence-corrected chi connectivity index (χ1v) is 8.80. The summed E-state index contributed by atoms with van der Waals surface area (Å²) in [6, 6.07) is 0. The number of amides is 2. The van der Waals surface area contributed by atoms with Crippen molar-refractivity contribution in [1.29, 1.82) is 0 Å². The van der Waals surface area contributed by atoms with Crippen LogP contribution in [0.25, 0.3) is 0 Å². The SMILES string of the molecule is CC1(OOC(=O)OCCCN2C(=O)C=CC2=O)CCC2CC1C2(C)C. The van der Waals surface area contributed by atoms with E-state index in [0.29, 0.717) is 12.3 Å². The van der Waals surface area contributed by atoms with Crippen LogP contribution in [0.1, 0.15) is 46.5 Å². The summed E-state index contributed by atoms with van der Waals surface area (Å²) in [7, 11) is 0. The summed E-state index contributed by atoms with van der Waals surface area (Å²) < 4.78 is 4.95. The largest absolute Gasteiger partial charge is 0.540 e. The van der Waals surface area contributed by atoms with E-state index in [2.05, 4.69) is 13.8 Å². The number of carbonyl (C=O) groups excluding carboxylic acids is 3. The zero-order valence-corrected chi connectivity index (χ0v) is 14.9. The molecule has 3 fully saturated rings. The summed E-state index contributed by atoms with van der Waals surface area (Å²) in [5, 5.41) is 0. The molecule has 2 amide bonds. The van der Waals surface area contributed by atoms with Crippen molar-refractivity contribution in [2.24, 2.45) is 17.3 Å². The van der Waals surface area contributed by atoms with E-state index >= 15 is 0 Å². The van der Waals surface area contributed by atoms with E-state index in [1.165, 1.54) is 12.2 Å². The first-order chi connectivity index (χ1) is 11.7. The third kappa shape index (κ3) is 3.29. The van der Waals surface area contributed by atoms with Gasteiger partial charge in [-0.1, -0.05) is 13.8 Å². The summed E-state index contributed by atoms with van der Waals surface area (Å²) in [6.07, 6.45) is 4.95. The van der Waals surface area contributed by atoms with Crippen molar-refractivity contribution in [2.45, 2.75) is 52.1 Å². The molecule has 3 unspecified atom stereocenters. The molecule has 0 aromatic carbocycles. The topological polar surface area (TPSA) is 82.1 Å². The number of rotatable bonds is 6. The second kappa shape index (κ2) is 6.44. The molecule has 4 rings (SSSR count). The van der Waals surface area contributed by atoms with Gasteiger partial charge in [-0.25, -0.2) is 4.79 Å². The smallest absolute Gasteiger partial charge is 0.432 e. The first kappa shape index (κ1) is 17.9. The molecule has 7 nitrogen and oxygen atoms in total. The van der Waals surface area contributed by atoms with Gasteiger partial charge in [0.05, 0.1) is 6.61 Å². The molecule has 3 aliphatic carbocycles. The molecular formula is C18H25NO6. The van der Waals surface area contributed by atoms with Crippen LogP contribution in [0.3, 0.4) is 0 Å². The Labute approximate surface area is 147 Å². The van der Waals surface area contributed by atoms with E-state index in [9.17, 15) is 14.4 Å². The lowest BCUT2D eigenvalue weighted by molar-refractivity contribution is -0.371. The third-order valence-corrected chi connectivity index (χ3v) is 6.14. The van der Waals surface area contributed by atoms with Gasteiger partial charge in [-0.05, 0) is 49.9 Å². The standard InChI is InChI=1S/C18H25NO6/c1-17(2)12-7-8-18(3,13(17)11-12)25-24-16(22)23-10-4-9-19-14(20)5-6-15(19)21/h5-6,12-13H,4,7-11H2,1-3H3. The monoisotopic (exact) mass is 351 g/mol. The van der Waals surface area contributed by atoms with Gasteiger partial charge in [0.15, 0.2) is 0 Å². The number of imide groups is 1. The summed E-state index contributed by atoms with van der Waals surface area (Å²) in [4.78, 5) is 45.9. The van der Waals surface area contributed by atoms with Crippen molar-refractivity contribution in [1.82, 2.24) is 4.90 Å². The average Bonchev–Trinajstić information content (AvgIpc) is 2.88. The lowest BCUT2D eigenvalue weighted by Crippen LogP contribution is -2.61. The van der Waals surface area contributed by atoms with Gasteiger partial charge in [0.1, 0.15) is 5.60 Å². The van der Waals surface area contributed by atoms with E-state index in [1.54, 1.807) is 0 Å². The summed E-state index contributed by atoms with van der Waals surface area (Å²) in [5.74, 6) is 0.406. The average molecular weight is 351 g/mol. The molecule has 0 aromatic rings. The molecule has 0 spiro atoms. The fourth-order valence-corrected chi connectivity index (χ4v) is 4.46. The van der Waals surface area contributed by atoms with Crippen molar-refractivity contribution in [3.63, 3.8) is 0 Å². The second-order valence-electron chi connectivity index (χ2n) is 7.94. The van der Waals surface area contributed by atoms with Crippen molar-refractivity contribution in [2.75, 3.05) is 13.2 Å². The van der Waals surface area contributed by atoms with Crippen LogP contribution in [-0.4, -0.2) is 41.6 Å². The quantitative estimate of drug-likeness (QED) is 0.240. The molecule has 0 radical (unpaired) electrons. The Balaban J connectivity index is 1.36. The van der Waals surface area contributed by atoms with Gasteiger partial charge in [-0.2, -0.15) is 4.89 Å². The molecule has 4 aliphatic rings. The molecule has 2 bridgehead atoms. The second-order valence-corrected chi connectivity index (χ2v) is 7.94. The lowest BCUT2D eigenvalue weighted by atomic mass is 9.44. The molecule has 3 atom stereocenters. The van der Waals surface area contributed by atoms with Crippen LogP contribution < -0.4 is 0 Å². The Morgan fingerprint density at radius 1 is 1.24 bits per heavy atom. The zero-order valence-electron chi connectivity index (χ0n) is 14.9. The molecule has 3 saturated carbocycles. The minimum absolute atomic E-state index is 0.0486. The van der Waals surface area contributed by atoms with E-state index in [-0.39, 0.29) is 30.4 Å². The van der Waals surface area contributed by atoms with Gasteiger partial charge in [-0.3, -0.25) is 19.4 Å². The fourth-order valence-electron chi connectivity index (χ4n) is 4.46. The lowest BCUT2D eigenvalue weighted by Gasteiger charge is -2.62. The first-order valence-electron chi connectivity index (χ1n) is 8.80. The Kier molecular flexibility index (Phi) is 4.62. The van der Waals surface area contributed by atoms with Crippen LogP contribution in [0.15, 0.2) is 12.2 Å². The van der Waals surface area contributed by atoms with Crippen LogP contribution >= 0.6 is 0 Å². The maximum atomic E-state index is 11.7. The van der Waals surface area contributed by atoms with Crippen LogP contribution in [0, 0.1) is 17.3 Å². The molecule has 7 heteroatoms. The van der Waals surface area contributed by atoms with Crippen molar-refractivity contribution in [3.8, 4) is 0 Å². The van der Waals surface area contributed by atoms with Gasteiger partial charge in [0, 0.05) is 18.7 Å². The zero-order chi connectivity index (χ0) is 18.2. The Bertz CT molecular complexity index is 593. The number of hydrogen-bond donors (Lipinski definition) is 0. The van der Waals surface area contributed by atoms with Crippen LogP contribution in [0.2, 0.25) is 0 Å². The maximum Gasteiger partial charge on any atom is 0.540 e. The predicted molar refractivity (Wildman–Crippen MR) is 87.0 cm³/mol. The minimum Gasteiger partial charge on any atom is -0.432 e. The van der Waals surface area contributed by atoms with E-state index in [0.717, 1.165) is 30.1 Å². The normalized spacial score (nSPS) is 32.5. The van der Waals surface area contributed by atoms with Crippen LogP contribution in [-0.2, 0) is 24.1 Å². The third-order valence-electron chi connectivity index (χ3n) is 6.14. The predicted octanol–water partition coefficient (Wildman–Crippen LogP) is 2.60. The summed E-state index contributed by atoms with van der Waals surface area (Å²) >= 11 is 0. The van der Waals surface area contributed by atoms with Gasteiger partial charge in [-0.15, -0.1) is 0 Å². The minimum atomic E-state index is -0.891. The Hall–Kier alpha value is -1.89.